The van der Waals surface area contributed by atoms with Crippen LogP contribution in [-0.4, -0.2) is 10.1 Å². The number of aromatic nitrogens is 2. The zero-order valence-electron chi connectivity index (χ0n) is 13.8. The first kappa shape index (κ1) is 15.0. The molecule has 5 rings (SSSR count). The van der Waals surface area contributed by atoms with Crippen LogP contribution in [0.25, 0.3) is 37.6 Å². The molecule has 0 amide bonds. The summed E-state index contributed by atoms with van der Waals surface area (Å²) in [6.45, 7) is 0. The molecule has 2 aromatic heterocycles. The molecule has 3 aromatic carbocycles. The summed E-state index contributed by atoms with van der Waals surface area (Å²) in [5.41, 5.74) is 4.68. The normalized spacial score (nSPS) is 11.2. The van der Waals surface area contributed by atoms with Crippen LogP contribution < -0.4 is 4.40 Å². The molecule has 124 valence electrons. The fourth-order valence-electron chi connectivity index (χ4n) is 3.24. The minimum absolute atomic E-state index is 0.256. The Bertz CT molecular complexity index is 1230. The molecular formula is C22H15N2OS+. The maximum Gasteiger partial charge on any atom is 0.391 e. The third-order valence-corrected chi connectivity index (χ3v) is 5.65. The molecule has 1 N–H and O–H groups in total. The Morgan fingerprint density at radius 2 is 1.35 bits per heavy atom. The predicted octanol–water partition coefficient (Wildman–Crippen LogP) is 5.07. The number of rotatable bonds is 2. The third-order valence-electron chi connectivity index (χ3n) is 4.46. The number of fused-ring (bicyclic) bond motifs is 3. The minimum Gasteiger partial charge on any atom is -0.458 e. The number of thiazole rings is 1. The quantitative estimate of drug-likeness (QED) is 0.449. The number of nitrogens with zero attached hydrogens (tertiary/aromatic N) is 2. The van der Waals surface area contributed by atoms with Crippen LogP contribution in [0.2, 0.25) is 0 Å². The lowest BCUT2D eigenvalue weighted by Crippen LogP contribution is -2.21. The van der Waals surface area contributed by atoms with Crippen molar-refractivity contribution in [2.45, 2.75) is 0 Å². The second-order valence-electron chi connectivity index (χ2n) is 6.08. The highest BCUT2D eigenvalue weighted by Crippen LogP contribution is 2.38. The third kappa shape index (κ3) is 2.27. The Morgan fingerprint density at radius 1 is 0.731 bits per heavy atom. The van der Waals surface area contributed by atoms with Gasteiger partial charge in [0.05, 0.1) is 0 Å². The molecular weight excluding hydrogens is 340 g/mol. The van der Waals surface area contributed by atoms with E-state index in [1.54, 1.807) is 11.3 Å². The summed E-state index contributed by atoms with van der Waals surface area (Å²) in [5.74, 6) is 0.256. The molecule has 0 radical (unpaired) electrons. The van der Waals surface area contributed by atoms with Gasteiger partial charge in [-0.05, 0) is 6.07 Å². The molecule has 0 aliphatic rings. The highest BCUT2D eigenvalue weighted by atomic mass is 32.1. The van der Waals surface area contributed by atoms with E-state index in [0.29, 0.717) is 0 Å². The molecule has 0 atom stereocenters. The first-order valence-electron chi connectivity index (χ1n) is 8.40. The van der Waals surface area contributed by atoms with Gasteiger partial charge in [-0.3, -0.25) is 0 Å². The molecule has 2 heterocycles. The Morgan fingerprint density at radius 3 is 2.08 bits per heavy atom. The van der Waals surface area contributed by atoms with Crippen molar-refractivity contribution < 1.29 is 9.51 Å². The minimum atomic E-state index is 0.256. The Kier molecular flexibility index (Phi) is 3.43. The van der Waals surface area contributed by atoms with Gasteiger partial charge in [0.1, 0.15) is 5.52 Å². The lowest BCUT2D eigenvalue weighted by Gasteiger charge is -2.01. The Labute approximate surface area is 154 Å². The number of hydrogen-bond donors (Lipinski definition) is 1. The van der Waals surface area contributed by atoms with E-state index in [4.69, 9.17) is 4.98 Å². The topological polar surface area (TPSA) is 37.2 Å². The van der Waals surface area contributed by atoms with Crippen molar-refractivity contribution in [3.05, 3.63) is 84.9 Å². The first-order valence-corrected chi connectivity index (χ1v) is 9.22. The van der Waals surface area contributed by atoms with E-state index >= 15 is 0 Å². The molecule has 0 saturated heterocycles. The van der Waals surface area contributed by atoms with E-state index in [-0.39, 0.29) is 5.88 Å². The largest absolute Gasteiger partial charge is 0.458 e. The van der Waals surface area contributed by atoms with Gasteiger partial charge >= 0.3 is 5.88 Å². The monoisotopic (exact) mass is 355 g/mol. The van der Waals surface area contributed by atoms with E-state index in [0.717, 1.165) is 37.6 Å². The van der Waals surface area contributed by atoms with Gasteiger partial charge in [-0.2, -0.15) is 0 Å². The summed E-state index contributed by atoms with van der Waals surface area (Å²) in [6, 6.07) is 28.0. The predicted molar refractivity (Wildman–Crippen MR) is 105 cm³/mol. The van der Waals surface area contributed by atoms with Gasteiger partial charge in [0.2, 0.25) is 5.52 Å². The standard InChI is InChI=1S/C22H14N2OS/c25-21-20(16-11-5-2-6-12-16)26-22-19(15-9-3-1-4-10-15)23-17-13-7-8-14-18(17)24(21)22/h1-14H/p+1. The van der Waals surface area contributed by atoms with Crippen LogP contribution in [0.5, 0.6) is 5.88 Å². The van der Waals surface area contributed by atoms with Crippen LogP contribution in [0, 0.1) is 0 Å². The zero-order chi connectivity index (χ0) is 17.5. The summed E-state index contributed by atoms with van der Waals surface area (Å²) in [5, 5.41) is 11.1. The van der Waals surface area contributed by atoms with Gasteiger partial charge in [0.25, 0.3) is 4.83 Å². The molecule has 4 heteroatoms. The van der Waals surface area contributed by atoms with Gasteiger partial charge in [0.15, 0.2) is 10.6 Å². The number of benzene rings is 3. The Balaban J connectivity index is 1.93. The molecule has 0 bridgehead atoms. The highest BCUT2D eigenvalue weighted by molar-refractivity contribution is 7.20. The average molecular weight is 355 g/mol. The molecule has 0 fully saturated rings. The fraction of sp³-hybridized carbons (Fsp3) is 0. The van der Waals surface area contributed by atoms with Gasteiger partial charge < -0.3 is 5.11 Å². The van der Waals surface area contributed by atoms with Gasteiger partial charge in [0, 0.05) is 17.2 Å². The van der Waals surface area contributed by atoms with Gasteiger partial charge in [-0.15, -0.1) is 4.40 Å². The van der Waals surface area contributed by atoms with Crippen LogP contribution in [0.4, 0.5) is 0 Å². The van der Waals surface area contributed by atoms with Gasteiger partial charge in [-0.1, -0.05) is 84.1 Å². The van der Waals surface area contributed by atoms with Crippen molar-refractivity contribution in [3.63, 3.8) is 0 Å². The summed E-state index contributed by atoms with van der Waals surface area (Å²) in [4.78, 5) is 6.68. The molecule has 26 heavy (non-hydrogen) atoms. The number of hydrogen-bond acceptors (Lipinski definition) is 3. The smallest absolute Gasteiger partial charge is 0.391 e. The van der Waals surface area contributed by atoms with E-state index in [1.165, 1.54) is 0 Å². The van der Waals surface area contributed by atoms with E-state index in [1.807, 2.05) is 77.2 Å². The highest BCUT2D eigenvalue weighted by Gasteiger charge is 2.28. The van der Waals surface area contributed by atoms with E-state index in [2.05, 4.69) is 12.1 Å². The maximum atomic E-state index is 11.1. The van der Waals surface area contributed by atoms with Crippen molar-refractivity contribution in [1.82, 2.24) is 4.98 Å². The molecule has 0 saturated carbocycles. The van der Waals surface area contributed by atoms with Crippen molar-refractivity contribution in [1.29, 1.82) is 0 Å². The van der Waals surface area contributed by atoms with Crippen LogP contribution in [-0.2, 0) is 0 Å². The van der Waals surface area contributed by atoms with Crippen LogP contribution in [0.3, 0.4) is 0 Å². The summed E-state index contributed by atoms with van der Waals surface area (Å²) in [6.07, 6.45) is 0. The summed E-state index contributed by atoms with van der Waals surface area (Å²) in [7, 11) is 0. The van der Waals surface area contributed by atoms with Crippen LogP contribution in [0.1, 0.15) is 0 Å². The van der Waals surface area contributed by atoms with Crippen molar-refractivity contribution in [3.8, 4) is 27.6 Å². The second-order valence-corrected chi connectivity index (χ2v) is 7.08. The first-order chi connectivity index (χ1) is 12.8. The Hall–Kier alpha value is -3.24. The van der Waals surface area contributed by atoms with Crippen LogP contribution in [0.15, 0.2) is 84.9 Å². The van der Waals surface area contributed by atoms with Crippen molar-refractivity contribution in [2.75, 3.05) is 0 Å². The van der Waals surface area contributed by atoms with Gasteiger partial charge in [-0.25, -0.2) is 4.98 Å². The van der Waals surface area contributed by atoms with Crippen molar-refractivity contribution in [2.24, 2.45) is 0 Å². The van der Waals surface area contributed by atoms with E-state index < -0.39 is 0 Å². The molecule has 3 nitrogen and oxygen atoms in total. The lowest BCUT2D eigenvalue weighted by molar-refractivity contribution is -0.488. The lowest BCUT2D eigenvalue weighted by atomic mass is 10.1. The molecule has 0 unspecified atom stereocenters. The van der Waals surface area contributed by atoms with Crippen molar-refractivity contribution >= 4 is 27.2 Å². The zero-order valence-corrected chi connectivity index (χ0v) is 14.6. The summed E-state index contributed by atoms with van der Waals surface area (Å²) >= 11 is 1.56. The number of aromatic hydroxyl groups is 1. The molecule has 0 spiro atoms. The SMILES string of the molecule is Oc1c(-c2ccccc2)sc2c(-c3ccccc3)nc3ccccc3[n+]12. The second kappa shape index (κ2) is 5.93. The molecule has 5 aromatic rings. The summed E-state index contributed by atoms with van der Waals surface area (Å²) < 4.78 is 1.91. The van der Waals surface area contributed by atoms with Crippen LogP contribution >= 0.6 is 11.3 Å². The maximum absolute atomic E-state index is 11.1. The molecule has 0 aliphatic heterocycles. The number of para-hydroxylation sites is 2. The average Bonchev–Trinajstić information content (AvgIpc) is 3.06. The van der Waals surface area contributed by atoms with E-state index in [9.17, 15) is 5.11 Å². The fourth-order valence-corrected chi connectivity index (χ4v) is 4.41. The molecule has 0 aliphatic carbocycles.